The molecule has 1 aromatic carbocycles. The smallest absolute Gasteiger partial charge is 0.404 e. The van der Waals surface area contributed by atoms with Crippen LogP contribution in [0.5, 0.6) is 5.75 Å². The summed E-state index contributed by atoms with van der Waals surface area (Å²) in [6, 6.07) is 4.54. The molecule has 1 aromatic rings. The molecule has 1 N–H and O–H groups in total. The molecule has 1 aliphatic heterocycles. The number of para-hydroxylation sites is 1. The number of hydrogen-bond acceptors (Lipinski definition) is 4. The van der Waals surface area contributed by atoms with Gasteiger partial charge in [-0.2, -0.15) is 4.31 Å². The summed E-state index contributed by atoms with van der Waals surface area (Å²) in [5.74, 6) is -0.781. The second kappa shape index (κ2) is 5.15. The molecular formula is C12H14F3NO4S. The number of ether oxygens (including phenoxy) is 1. The van der Waals surface area contributed by atoms with Crippen LogP contribution in [0.4, 0.5) is 13.2 Å². The lowest BCUT2D eigenvalue weighted by Gasteiger charge is -2.20. The molecule has 0 bridgehead atoms. The van der Waals surface area contributed by atoms with Crippen LogP contribution in [-0.4, -0.2) is 42.9 Å². The fourth-order valence-corrected chi connectivity index (χ4v) is 3.79. The summed E-state index contributed by atoms with van der Waals surface area (Å²) in [4.78, 5) is -0.569. The minimum absolute atomic E-state index is 0.0374. The average molecular weight is 325 g/mol. The Balaban J connectivity index is 2.37. The highest BCUT2D eigenvalue weighted by molar-refractivity contribution is 7.89. The lowest BCUT2D eigenvalue weighted by Crippen LogP contribution is -2.34. The standard InChI is InChI=1S/C12H14F3NO4S/c1-11(17)6-7-16(8-11)21(18,19)10-5-3-2-4-9(10)20-12(13,14)15/h2-5,17H,6-8H2,1H3. The second-order valence-electron chi connectivity index (χ2n) is 5.08. The molecule has 0 aliphatic carbocycles. The SMILES string of the molecule is CC1(O)CCN(S(=O)(=O)c2ccccc2OC(F)(F)F)C1. The average Bonchev–Trinajstić information content (AvgIpc) is 2.69. The third kappa shape index (κ3) is 3.66. The first kappa shape index (κ1) is 16.1. The van der Waals surface area contributed by atoms with Gasteiger partial charge in [0.25, 0.3) is 0 Å². The Kier molecular flexibility index (Phi) is 3.94. The zero-order valence-electron chi connectivity index (χ0n) is 11.1. The van der Waals surface area contributed by atoms with Crippen LogP contribution in [-0.2, 0) is 10.0 Å². The van der Waals surface area contributed by atoms with Gasteiger partial charge in [-0.25, -0.2) is 8.42 Å². The van der Waals surface area contributed by atoms with Crippen LogP contribution in [0.1, 0.15) is 13.3 Å². The Hall–Kier alpha value is -1.32. The van der Waals surface area contributed by atoms with Crippen molar-refractivity contribution in [3.63, 3.8) is 0 Å². The fraction of sp³-hybridized carbons (Fsp3) is 0.500. The zero-order valence-corrected chi connectivity index (χ0v) is 11.9. The van der Waals surface area contributed by atoms with Crippen molar-refractivity contribution in [2.75, 3.05) is 13.1 Å². The van der Waals surface area contributed by atoms with Gasteiger partial charge in [-0.15, -0.1) is 13.2 Å². The third-order valence-electron chi connectivity index (χ3n) is 3.11. The van der Waals surface area contributed by atoms with Crippen LogP contribution in [0.3, 0.4) is 0 Å². The Morgan fingerprint density at radius 3 is 2.48 bits per heavy atom. The van der Waals surface area contributed by atoms with E-state index in [1.54, 1.807) is 0 Å². The maximum absolute atomic E-state index is 12.4. The van der Waals surface area contributed by atoms with Crippen molar-refractivity contribution in [1.29, 1.82) is 0 Å². The van der Waals surface area contributed by atoms with Crippen molar-refractivity contribution in [3.05, 3.63) is 24.3 Å². The van der Waals surface area contributed by atoms with Gasteiger partial charge >= 0.3 is 6.36 Å². The quantitative estimate of drug-likeness (QED) is 0.919. The summed E-state index contributed by atoms with van der Waals surface area (Å²) < 4.78 is 66.5. The van der Waals surface area contributed by atoms with Crippen LogP contribution in [0.25, 0.3) is 0 Å². The molecule has 9 heteroatoms. The van der Waals surface area contributed by atoms with Gasteiger partial charge < -0.3 is 9.84 Å². The minimum atomic E-state index is -4.98. The highest BCUT2D eigenvalue weighted by Gasteiger charge is 2.41. The Labute approximate surface area is 120 Å². The summed E-state index contributed by atoms with van der Waals surface area (Å²) in [5, 5.41) is 9.81. The highest BCUT2D eigenvalue weighted by Crippen LogP contribution is 2.33. The monoisotopic (exact) mass is 325 g/mol. The number of hydrogen-bond donors (Lipinski definition) is 1. The molecule has 1 aliphatic rings. The Morgan fingerprint density at radius 2 is 1.95 bits per heavy atom. The zero-order chi connectivity index (χ0) is 15.9. The Bertz CT molecular complexity index is 628. The molecule has 1 unspecified atom stereocenters. The molecule has 1 heterocycles. The number of halogens is 3. The van der Waals surface area contributed by atoms with E-state index in [-0.39, 0.29) is 19.5 Å². The molecule has 0 amide bonds. The van der Waals surface area contributed by atoms with Gasteiger partial charge in [-0.05, 0) is 25.5 Å². The molecule has 118 valence electrons. The fourth-order valence-electron chi connectivity index (χ4n) is 2.12. The van der Waals surface area contributed by atoms with Crippen molar-refractivity contribution in [3.8, 4) is 5.75 Å². The van der Waals surface area contributed by atoms with Gasteiger partial charge in [-0.1, -0.05) is 12.1 Å². The van der Waals surface area contributed by atoms with Crippen LogP contribution < -0.4 is 4.74 Å². The lowest BCUT2D eigenvalue weighted by molar-refractivity contribution is -0.275. The molecule has 0 aromatic heterocycles. The van der Waals surface area contributed by atoms with Gasteiger partial charge in [0.15, 0.2) is 0 Å². The summed E-state index contributed by atoms with van der Waals surface area (Å²) in [6.07, 6.45) is -4.77. The van der Waals surface area contributed by atoms with Gasteiger partial charge in [0, 0.05) is 13.1 Å². The first-order valence-corrected chi connectivity index (χ1v) is 7.53. The Morgan fingerprint density at radius 1 is 1.33 bits per heavy atom. The molecule has 0 spiro atoms. The topological polar surface area (TPSA) is 66.8 Å². The number of β-amino-alcohol motifs (C(OH)–C–C–N with tert-alkyl or cyclic N) is 1. The summed E-state index contributed by atoms with van der Waals surface area (Å²) in [7, 11) is -4.16. The van der Waals surface area contributed by atoms with E-state index in [0.29, 0.717) is 0 Å². The van der Waals surface area contributed by atoms with Crippen molar-refractivity contribution >= 4 is 10.0 Å². The van der Waals surface area contributed by atoms with E-state index < -0.39 is 32.6 Å². The van der Waals surface area contributed by atoms with E-state index in [9.17, 15) is 26.7 Å². The van der Waals surface area contributed by atoms with Crippen molar-refractivity contribution in [1.82, 2.24) is 4.31 Å². The first-order chi connectivity index (χ1) is 9.51. The van der Waals surface area contributed by atoms with Gasteiger partial charge in [-0.3, -0.25) is 0 Å². The molecule has 1 saturated heterocycles. The minimum Gasteiger partial charge on any atom is -0.404 e. The van der Waals surface area contributed by atoms with E-state index in [2.05, 4.69) is 4.74 Å². The van der Waals surface area contributed by atoms with Crippen LogP contribution in [0.15, 0.2) is 29.2 Å². The molecule has 2 rings (SSSR count). The predicted molar refractivity (Wildman–Crippen MR) is 67.1 cm³/mol. The van der Waals surface area contributed by atoms with Crippen molar-refractivity contribution in [2.45, 2.75) is 30.2 Å². The molecule has 1 fully saturated rings. The van der Waals surface area contributed by atoms with Gasteiger partial charge in [0.2, 0.25) is 10.0 Å². The van der Waals surface area contributed by atoms with E-state index >= 15 is 0 Å². The van der Waals surface area contributed by atoms with Crippen LogP contribution in [0, 0.1) is 0 Å². The van der Waals surface area contributed by atoms with Gasteiger partial charge in [0.1, 0.15) is 10.6 Å². The van der Waals surface area contributed by atoms with Crippen LogP contribution >= 0.6 is 0 Å². The number of alkyl halides is 3. The van der Waals surface area contributed by atoms with Crippen molar-refractivity contribution in [2.24, 2.45) is 0 Å². The number of nitrogens with zero attached hydrogens (tertiary/aromatic N) is 1. The summed E-state index contributed by atoms with van der Waals surface area (Å²) >= 11 is 0. The molecule has 1 atom stereocenters. The maximum atomic E-state index is 12.4. The molecule has 5 nitrogen and oxygen atoms in total. The molecule has 0 radical (unpaired) electrons. The van der Waals surface area contributed by atoms with Crippen LogP contribution in [0.2, 0.25) is 0 Å². The van der Waals surface area contributed by atoms with Crippen molar-refractivity contribution < 1.29 is 31.4 Å². The van der Waals surface area contributed by atoms with E-state index in [1.165, 1.54) is 19.1 Å². The second-order valence-corrected chi connectivity index (χ2v) is 6.99. The number of benzene rings is 1. The number of sulfonamides is 1. The van der Waals surface area contributed by atoms with Gasteiger partial charge in [0.05, 0.1) is 5.60 Å². The maximum Gasteiger partial charge on any atom is 0.573 e. The van der Waals surface area contributed by atoms with E-state index in [4.69, 9.17) is 0 Å². The number of rotatable bonds is 3. The highest BCUT2D eigenvalue weighted by atomic mass is 32.2. The largest absolute Gasteiger partial charge is 0.573 e. The molecule has 21 heavy (non-hydrogen) atoms. The predicted octanol–water partition coefficient (Wildman–Crippen LogP) is 1.73. The summed E-state index contributed by atoms with van der Waals surface area (Å²) in [5.41, 5.74) is -1.19. The lowest BCUT2D eigenvalue weighted by atomic mass is 10.1. The first-order valence-electron chi connectivity index (χ1n) is 6.09. The third-order valence-corrected chi connectivity index (χ3v) is 4.99. The van der Waals surface area contributed by atoms with E-state index in [1.807, 2.05) is 0 Å². The molecular weight excluding hydrogens is 311 g/mol. The summed E-state index contributed by atoms with van der Waals surface area (Å²) in [6.45, 7) is 1.34. The normalized spacial score (nSPS) is 24.2. The number of aliphatic hydroxyl groups is 1. The molecule has 0 saturated carbocycles. The van der Waals surface area contributed by atoms with E-state index in [0.717, 1.165) is 16.4 Å².